The van der Waals surface area contributed by atoms with E-state index in [1.807, 2.05) is 31.2 Å². The summed E-state index contributed by atoms with van der Waals surface area (Å²) in [7, 11) is 0. The molecule has 2 rings (SSSR count). The molecule has 0 aromatic heterocycles. The monoisotopic (exact) mass is 297 g/mol. The number of aryl methyl sites for hydroxylation is 1. The van der Waals surface area contributed by atoms with Crippen molar-refractivity contribution in [3.63, 3.8) is 0 Å². The van der Waals surface area contributed by atoms with Crippen molar-refractivity contribution < 1.29 is 14.5 Å². The van der Waals surface area contributed by atoms with Gasteiger partial charge in [-0.15, -0.1) is 0 Å². The van der Waals surface area contributed by atoms with Gasteiger partial charge in [0.1, 0.15) is 6.61 Å². The molecule has 2 aromatic rings. The molecule has 0 fully saturated rings. The fourth-order valence-electron chi connectivity index (χ4n) is 1.76. The number of nitro groups is 1. The molecule has 0 unspecified atom stereocenters. The van der Waals surface area contributed by atoms with Crippen LogP contribution in [0.4, 0.5) is 5.69 Å². The fraction of sp³-hybridized carbons (Fsp3) is 0.118. The predicted molar refractivity (Wildman–Crippen MR) is 83.1 cm³/mol. The minimum Gasteiger partial charge on any atom is -0.458 e. The Balaban J connectivity index is 1.88. The van der Waals surface area contributed by atoms with Crippen molar-refractivity contribution in [2.75, 3.05) is 0 Å². The van der Waals surface area contributed by atoms with Crippen molar-refractivity contribution in [2.24, 2.45) is 0 Å². The molecule has 0 heterocycles. The van der Waals surface area contributed by atoms with Gasteiger partial charge in [-0.2, -0.15) is 0 Å². The summed E-state index contributed by atoms with van der Waals surface area (Å²) in [6.07, 6.45) is 2.86. The van der Waals surface area contributed by atoms with E-state index in [0.717, 1.165) is 11.1 Å². The number of non-ortho nitro benzene ring substituents is 1. The summed E-state index contributed by atoms with van der Waals surface area (Å²) in [6.45, 7) is 2.20. The SMILES string of the molecule is Cc1ccc(COC(=O)/C=C/c2ccc([N+](=O)[O-])cc2)cc1. The first-order chi connectivity index (χ1) is 10.5. The van der Waals surface area contributed by atoms with E-state index < -0.39 is 10.9 Å². The van der Waals surface area contributed by atoms with E-state index in [0.29, 0.717) is 5.56 Å². The lowest BCUT2D eigenvalue weighted by Crippen LogP contribution is -2.00. The molecule has 0 N–H and O–H groups in total. The zero-order valence-electron chi connectivity index (χ0n) is 12.1. The highest BCUT2D eigenvalue weighted by Crippen LogP contribution is 2.13. The zero-order chi connectivity index (χ0) is 15.9. The van der Waals surface area contributed by atoms with Crippen LogP contribution < -0.4 is 0 Å². The van der Waals surface area contributed by atoms with Gasteiger partial charge >= 0.3 is 5.97 Å². The number of hydrogen-bond donors (Lipinski definition) is 0. The molecule has 22 heavy (non-hydrogen) atoms. The van der Waals surface area contributed by atoms with E-state index in [-0.39, 0.29) is 12.3 Å². The molecule has 112 valence electrons. The third-order valence-electron chi connectivity index (χ3n) is 3.02. The average molecular weight is 297 g/mol. The van der Waals surface area contributed by atoms with Gasteiger partial charge < -0.3 is 4.74 Å². The van der Waals surface area contributed by atoms with Gasteiger partial charge in [0.2, 0.25) is 0 Å². The second-order valence-electron chi connectivity index (χ2n) is 4.78. The second-order valence-corrected chi connectivity index (χ2v) is 4.78. The second kappa shape index (κ2) is 7.17. The van der Waals surface area contributed by atoms with E-state index in [1.54, 1.807) is 18.2 Å². The number of nitrogens with zero attached hydrogens (tertiary/aromatic N) is 1. The summed E-state index contributed by atoms with van der Waals surface area (Å²) in [6, 6.07) is 13.6. The van der Waals surface area contributed by atoms with E-state index >= 15 is 0 Å². The highest BCUT2D eigenvalue weighted by molar-refractivity contribution is 5.87. The lowest BCUT2D eigenvalue weighted by atomic mass is 10.2. The number of esters is 1. The van der Waals surface area contributed by atoms with Gasteiger partial charge in [-0.05, 0) is 36.3 Å². The highest BCUT2D eigenvalue weighted by Gasteiger charge is 2.03. The maximum Gasteiger partial charge on any atom is 0.331 e. The Morgan fingerprint density at radius 2 is 1.77 bits per heavy atom. The number of nitro benzene ring substituents is 1. The summed E-state index contributed by atoms with van der Waals surface area (Å²) in [5.74, 6) is -0.459. The Morgan fingerprint density at radius 1 is 1.14 bits per heavy atom. The van der Waals surface area contributed by atoms with Gasteiger partial charge in [-0.25, -0.2) is 4.79 Å². The maximum absolute atomic E-state index is 11.6. The average Bonchev–Trinajstić information content (AvgIpc) is 2.52. The predicted octanol–water partition coefficient (Wildman–Crippen LogP) is 3.66. The first-order valence-corrected chi connectivity index (χ1v) is 6.69. The van der Waals surface area contributed by atoms with E-state index in [1.165, 1.54) is 18.2 Å². The molecule has 0 aliphatic heterocycles. The van der Waals surface area contributed by atoms with E-state index in [4.69, 9.17) is 4.74 Å². The van der Waals surface area contributed by atoms with Crippen LogP contribution in [0, 0.1) is 17.0 Å². The Kier molecular flexibility index (Phi) is 5.03. The molecular weight excluding hydrogens is 282 g/mol. The molecule has 0 saturated carbocycles. The molecule has 5 heteroatoms. The van der Waals surface area contributed by atoms with Crippen LogP contribution in [-0.4, -0.2) is 10.9 Å². The molecule has 0 radical (unpaired) electrons. The Hall–Kier alpha value is -2.95. The number of carbonyl (C=O) groups excluding carboxylic acids is 1. The van der Waals surface area contributed by atoms with Crippen molar-refractivity contribution in [2.45, 2.75) is 13.5 Å². The quantitative estimate of drug-likeness (QED) is 0.365. The van der Waals surface area contributed by atoms with Gasteiger partial charge in [0.05, 0.1) is 4.92 Å². The molecule has 0 spiro atoms. The van der Waals surface area contributed by atoms with Crippen LogP contribution >= 0.6 is 0 Å². The lowest BCUT2D eigenvalue weighted by Gasteiger charge is -2.02. The van der Waals surface area contributed by atoms with Crippen LogP contribution in [0.3, 0.4) is 0 Å². The number of carbonyl (C=O) groups is 1. The molecule has 0 saturated heterocycles. The molecule has 0 aliphatic carbocycles. The van der Waals surface area contributed by atoms with Crippen LogP contribution in [0.2, 0.25) is 0 Å². The molecule has 0 atom stereocenters. The van der Waals surface area contributed by atoms with Crippen molar-refractivity contribution >= 4 is 17.7 Å². The minimum atomic E-state index is -0.469. The van der Waals surface area contributed by atoms with Crippen LogP contribution in [0.15, 0.2) is 54.6 Å². The zero-order valence-corrected chi connectivity index (χ0v) is 12.1. The normalized spacial score (nSPS) is 10.6. The summed E-state index contributed by atoms with van der Waals surface area (Å²) in [5.41, 5.74) is 2.77. The van der Waals surface area contributed by atoms with Gasteiger partial charge in [0.25, 0.3) is 5.69 Å². The summed E-state index contributed by atoms with van der Waals surface area (Å²) < 4.78 is 5.12. The molecular formula is C17H15NO4. The molecule has 0 aliphatic rings. The number of rotatable bonds is 5. The largest absolute Gasteiger partial charge is 0.458 e. The lowest BCUT2D eigenvalue weighted by molar-refractivity contribution is -0.384. The van der Waals surface area contributed by atoms with Gasteiger partial charge in [0, 0.05) is 18.2 Å². The third kappa shape index (κ3) is 4.56. The van der Waals surface area contributed by atoms with E-state index in [9.17, 15) is 14.9 Å². The number of benzene rings is 2. The van der Waals surface area contributed by atoms with Crippen LogP contribution in [0.1, 0.15) is 16.7 Å². The van der Waals surface area contributed by atoms with Crippen molar-refractivity contribution in [3.8, 4) is 0 Å². The molecule has 5 nitrogen and oxygen atoms in total. The standard InChI is InChI=1S/C17H15NO4/c1-13-2-4-15(5-3-13)12-22-17(19)11-8-14-6-9-16(10-7-14)18(20)21/h2-11H,12H2,1H3/b11-8+. The van der Waals surface area contributed by atoms with Gasteiger partial charge in [-0.1, -0.05) is 29.8 Å². The Morgan fingerprint density at radius 3 is 2.36 bits per heavy atom. The smallest absolute Gasteiger partial charge is 0.331 e. The molecule has 0 amide bonds. The highest BCUT2D eigenvalue weighted by atomic mass is 16.6. The molecule has 0 bridgehead atoms. The minimum absolute atomic E-state index is 0.0131. The fourth-order valence-corrected chi connectivity index (χ4v) is 1.76. The maximum atomic E-state index is 11.6. The topological polar surface area (TPSA) is 69.4 Å². The van der Waals surface area contributed by atoms with Gasteiger partial charge in [0.15, 0.2) is 0 Å². The van der Waals surface area contributed by atoms with Crippen LogP contribution in [-0.2, 0) is 16.1 Å². The summed E-state index contributed by atoms with van der Waals surface area (Å²) in [4.78, 5) is 21.7. The Labute approximate surface area is 128 Å². The van der Waals surface area contributed by atoms with E-state index in [2.05, 4.69) is 0 Å². The first-order valence-electron chi connectivity index (χ1n) is 6.69. The number of ether oxygens (including phenoxy) is 1. The van der Waals surface area contributed by atoms with Crippen LogP contribution in [0.5, 0.6) is 0 Å². The van der Waals surface area contributed by atoms with Crippen LogP contribution in [0.25, 0.3) is 6.08 Å². The van der Waals surface area contributed by atoms with Gasteiger partial charge in [-0.3, -0.25) is 10.1 Å². The summed E-state index contributed by atoms with van der Waals surface area (Å²) >= 11 is 0. The third-order valence-corrected chi connectivity index (χ3v) is 3.02. The van der Waals surface area contributed by atoms with Crippen molar-refractivity contribution in [1.29, 1.82) is 0 Å². The summed E-state index contributed by atoms with van der Waals surface area (Å²) in [5, 5.41) is 10.5. The first kappa shape index (κ1) is 15.4. The Bertz CT molecular complexity index is 688. The van der Waals surface area contributed by atoms with Crippen molar-refractivity contribution in [3.05, 3.63) is 81.4 Å². The van der Waals surface area contributed by atoms with Crippen molar-refractivity contribution in [1.82, 2.24) is 0 Å². The molecule has 2 aromatic carbocycles. The number of hydrogen-bond acceptors (Lipinski definition) is 4.